The van der Waals surface area contributed by atoms with Gasteiger partial charge in [0.05, 0.1) is 7.11 Å². The van der Waals surface area contributed by atoms with Crippen LogP contribution in [0, 0.1) is 0 Å². The molecule has 0 unspecified atom stereocenters. The molecule has 7 heteroatoms. The van der Waals surface area contributed by atoms with Gasteiger partial charge in [0.25, 0.3) is 0 Å². The largest absolute Gasteiger partial charge is 0.492 e. The molecule has 2 heterocycles. The minimum absolute atomic E-state index is 0.160. The number of methoxy groups -OCH3 is 1. The summed E-state index contributed by atoms with van der Waals surface area (Å²) in [5, 5.41) is 5.77. The molecule has 142 valence electrons. The Bertz CT molecular complexity index is 854. The second-order valence-electron chi connectivity index (χ2n) is 6.70. The summed E-state index contributed by atoms with van der Waals surface area (Å²) in [6.07, 6.45) is 0.871. The summed E-state index contributed by atoms with van der Waals surface area (Å²) < 4.78 is 17.0. The highest BCUT2D eigenvalue weighted by molar-refractivity contribution is 5.89. The minimum Gasteiger partial charge on any atom is -0.492 e. The van der Waals surface area contributed by atoms with Crippen LogP contribution < -0.4 is 24.8 Å². The molecule has 0 saturated heterocycles. The van der Waals surface area contributed by atoms with Gasteiger partial charge >= 0.3 is 6.03 Å². The third-order valence-electron chi connectivity index (χ3n) is 4.93. The summed E-state index contributed by atoms with van der Waals surface area (Å²) in [6, 6.07) is 9.10. The third kappa shape index (κ3) is 3.38. The number of amides is 2. The molecule has 4 rings (SSSR count). The average molecular weight is 369 g/mol. The minimum atomic E-state index is -0.258. The van der Waals surface area contributed by atoms with E-state index in [9.17, 15) is 4.79 Å². The van der Waals surface area contributed by atoms with E-state index in [0.29, 0.717) is 18.0 Å². The van der Waals surface area contributed by atoms with Crippen molar-refractivity contribution >= 4 is 11.7 Å². The first-order chi connectivity index (χ1) is 13.2. The van der Waals surface area contributed by atoms with Crippen molar-refractivity contribution in [2.75, 3.05) is 32.8 Å². The number of anilines is 1. The van der Waals surface area contributed by atoms with Crippen molar-refractivity contribution in [1.29, 1.82) is 0 Å². The lowest BCUT2D eigenvalue weighted by Gasteiger charge is -2.29. The monoisotopic (exact) mass is 369 g/mol. The molecular formula is C20H23N3O4. The summed E-state index contributed by atoms with van der Waals surface area (Å²) in [5.41, 5.74) is 4.00. The maximum absolute atomic E-state index is 12.3. The Morgan fingerprint density at radius 1 is 1.19 bits per heavy atom. The van der Waals surface area contributed by atoms with E-state index in [1.165, 1.54) is 5.56 Å². The molecule has 2 aromatic rings. The molecule has 0 radical (unpaired) electrons. The Hall–Kier alpha value is -2.93. The molecule has 0 aromatic heterocycles. The molecule has 2 N–H and O–H groups in total. The predicted molar refractivity (Wildman–Crippen MR) is 101 cm³/mol. The van der Waals surface area contributed by atoms with Crippen LogP contribution in [0.2, 0.25) is 0 Å². The van der Waals surface area contributed by atoms with Crippen LogP contribution in [0.15, 0.2) is 30.3 Å². The second kappa shape index (κ2) is 7.36. The van der Waals surface area contributed by atoms with E-state index in [-0.39, 0.29) is 12.8 Å². The van der Waals surface area contributed by atoms with E-state index in [1.54, 1.807) is 7.11 Å². The topological polar surface area (TPSA) is 72.1 Å². The lowest BCUT2D eigenvalue weighted by atomic mass is 9.92. The third-order valence-corrected chi connectivity index (χ3v) is 4.93. The number of likely N-dealkylation sites (N-methyl/N-ethyl adjacent to an activating group) is 1. The van der Waals surface area contributed by atoms with Crippen LogP contribution >= 0.6 is 0 Å². The van der Waals surface area contributed by atoms with E-state index >= 15 is 0 Å². The number of para-hydroxylation sites is 1. The SMILES string of the molecule is COc1c2c(c(CNC(=O)Nc3ccccc3)c3c1OCO3)CCN(C)C2. The van der Waals surface area contributed by atoms with Crippen LogP contribution in [-0.2, 0) is 19.5 Å². The summed E-state index contributed by atoms with van der Waals surface area (Å²) in [6.45, 7) is 2.24. The van der Waals surface area contributed by atoms with Gasteiger partial charge in [-0.2, -0.15) is 0 Å². The lowest BCUT2D eigenvalue weighted by molar-refractivity contribution is 0.170. The van der Waals surface area contributed by atoms with Gasteiger partial charge in [0.15, 0.2) is 11.5 Å². The van der Waals surface area contributed by atoms with Crippen LogP contribution in [0.1, 0.15) is 16.7 Å². The van der Waals surface area contributed by atoms with Gasteiger partial charge in [-0.1, -0.05) is 18.2 Å². The fourth-order valence-electron chi connectivity index (χ4n) is 3.65. The van der Waals surface area contributed by atoms with Crippen LogP contribution in [0.25, 0.3) is 0 Å². The van der Waals surface area contributed by atoms with Gasteiger partial charge in [-0.15, -0.1) is 0 Å². The van der Waals surface area contributed by atoms with E-state index in [2.05, 4.69) is 22.6 Å². The van der Waals surface area contributed by atoms with Gasteiger partial charge in [-0.3, -0.25) is 0 Å². The predicted octanol–water partition coefficient (Wildman–Crippen LogP) is 2.73. The summed E-state index contributed by atoms with van der Waals surface area (Å²) in [5.74, 6) is 2.04. The maximum atomic E-state index is 12.3. The van der Waals surface area contributed by atoms with Crippen LogP contribution in [0.3, 0.4) is 0 Å². The first-order valence-electron chi connectivity index (χ1n) is 8.96. The number of fused-ring (bicyclic) bond motifs is 2. The summed E-state index contributed by atoms with van der Waals surface area (Å²) in [7, 11) is 3.73. The number of benzene rings is 2. The summed E-state index contributed by atoms with van der Waals surface area (Å²) in [4.78, 5) is 14.5. The number of urea groups is 1. The van der Waals surface area contributed by atoms with E-state index in [1.807, 2.05) is 30.3 Å². The number of nitrogens with one attached hydrogen (secondary N) is 2. The van der Waals surface area contributed by atoms with Crippen molar-refractivity contribution in [3.63, 3.8) is 0 Å². The van der Waals surface area contributed by atoms with Crippen molar-refractivity contribution in [3.8, 4) is 17.2 Å². The molecule has 0 spiro atoms. The molecule has 0 fully saturated rings. The van der Waals surface area contributed by atoms with Crippen molar-refractivity contribution < 1.29 is 19.0 Å². The van der Waals surface area contributed by atoms with Gasteiger partial charge in [0.1, 0.15) is 0 Å². The van der Waals surface area contributed by atoms with Crippen molar-refractivity contribution in [2.45, 2.75) is 19.5 Å². The number of carbonyl (C=O) groups is 1. The number of carbonyl (C=O) groups excluding carboxylic acids is 1. The van der Waals surface area contributed by atoms with Gasteiger partial charge in [-0.05, 0) is 31.2 Å². The number of hydrogen-bond donors (Lipinski definition) is 2. The maximum Gasteiger partial charge on any atom is 0.319 e. The molecule has 2 aliphatic rings. The highest BCUT2D eigenvalue weighted by Crippen LogP contribution is 2.49. The van der Waals surface area contributed by atoms with E-state index in [0.717, 1.165) is 42.1 Å². The van der Waals surface area contributed by atoms with Crippen LogP contribution in [0.5, 0.6) is 17.2 Å². The zero-order valence-corrected chi connectivity index (χ0v) is 15.5. The molecule has 2 amide bonds. The zero-order chi connectivity index (χ0) is 18.8. The van der Waals surface area contributed by atoms with Crippen LogP contribution in [0.4, 0.5) is 10.5 Å². The normalized spacial score (nSPS) is 15.2. The number of rotatable bonds is 4. The highest BCUT2D eigenvalue weighted by Gasteiger charge is 2.32. The smallest absolute Gasteiger partial charge is 0.319 e. The average Bonchev–Trinajstić information content (AvgIpc) is 3.15. The Kier molecular flexibility index (Phi) is 4.77. The Morgan fingerprint density at radius 3 is 2.74 bits per heavy atom. The van der Waals surface area contributed by atoms with Crippen molar-refractivity contribution in [2.24, 2.45) is 0 Å². The first-order valence-corrected chi connectivity index (χ1v) is 8.96. The fourth-order valence-corrected chi connectivity index (χ4v) is 3.65. The molecule has 0 atom stereocenters. The number of nitrogens with zero attached hydrogens (tertiary/aromatic N) is 1. The van der Waals surface area contributed by atoms with Gasteiger partial charge < -0.3 is 29.7 Å². The fraction of sp³-hybridized carbons (Fsp3) is 0.350. The molecule has 27 heavy (non-hydrogen) atoms. The molecule has 2 aromatic carbocycles. The Balaban J connectivity index is 1.60. The van der Waals surface area contributed by atoms with Gasteiger partial charge in [-0.25, -0.2) is 4.79 Å². The van der Waals surface area contributed by atoms with Crippen molar-refractivity contribution in [3.05, 3.63) is 47.0 Å². The highest BCUT2D eigenvalue weighted by atomic mass is 16.7. The standard InChI is InChI=1S/C20H23N3O4/c1-23-9-8-14-15(10-21-20(24)22-13-6-4-3-5-7-13)18-19(27-12-26-18)17(25-2)16(14)11-23/h3-7H,8-12H2,1-2H3,(H2,21,22,24). The molecule has 7 nitrogen and oxygen atoms in total. The summed E-state index contributed by atoms with van der Waals surface area (Å²) >= 11 is 0. The van der Waals surface area contributed by atoms with Gasteiger partial charge in [0, 0.05) is 36.4 Å². The van der Waals surface area contributed by atoms with Gasteiger partial charge in [0.2, 0.25) is 12.5 Å². The Labute approximate surface area is 158 Å². The first kappa shape index (κ1) is 17.5. The molecule has 0 bridgehead atoms. The molecule has 0 saturated carbocycles. The lowest BCUT2D eigenvalue weighted by Crippen LogP contribution is -2.31. The molecular weight excluding hydrogens is 346 g/mol. The molecule has 2 aliphatic heterocycles. The Morgan fingerprint density at radius 2 is 1.96 bits per heavy atom. The zero-order valence-electron chi connectivity index (χ0n) is 15.5. The quantitative estimate of drug-likeness (QED) is 0.867. The molecule has 0 aliphatic carbocycles. The van der Waals surface area contributed by atoms with Crippen LogP contribution in [-0.4, -0.2) is 38.4 Å². The van der Waals surface area contributed by atoms with E-state index in [4.69, 9.17) is 14.2 Å². The van der Waals surface area contributed by atoms with E-state index < -0.39 is 0 Å². The van der Waals surface area contributed by atoms with Crippen molar-refractivity contribution in [1.82, 2.24) is 10.2 Å². The number of hydrogen-bond acceptors (Lipinski definition) is 5. The second-order valence-corrected chi connectivity index (χ2v) is 6.70. The number of ether oxygens (including phenoxy) is 3.